The molecule has 0 saturated heterocycles. The summed E-state index contributed by atoms with van der Waals surface area (Å²) in [7, 11) is 0. The Hall–Kier alpha value is -3.96. The number of anilines is 1. The number of ether oxygens (including phenoxy) is 1. The molecule has 0 spiro atoms. The van der Waals surface area contributed by atoms with Gasteiger partial charge in [0, 0.05) is 26.0 Å². The molecular formula is C27H40N4O8. The standard InChI is InChI=1S/C27H40N4O8/c1-6-7-8-21(25(36)29-20-11-9-19(10-12-20)15-39-18(5)33)30-27(38)24(16(2)3)31-26(37)22(28-17(4)32)13-14-23(34)35/h9-12,16,21-22,24H,6-8,13-15H2,1-5H3,(H,28,32)(H,29,36)(H,30,38)(H,31,37)(H,34,35)/t21-,22+,24-/m0/s1. The highest BCUT2D eigenvalue weighted by Gasteiger charge is 2.31. The molecule has 39 heavy (non-hydrogen) atoms. The average Bonchev–Trinajstić information content (AvgIpc) is 2.86. The van der Waals surface area contributed by atoms with Crippen molar-refractivity contribution in [1.29, 1.82) is 0 Å². The van der Waals surface area contributed by atoms with Crippen LogP contribution in [0.1, 0.15) is 72.3 Å². The molecule has 12 heteroatoms. The van der Waals surface area contributed by atoms with E-state index in [0.717, 1.165) is 12.0 Å². The zero-order valence-electron chi connectivity index (χ0n) is 23.2. The quantitative estimate of drug-likeness (QED) is 0.194. The Morgan fingerprint density at radius 2 is 1.46 bits per heavy atom. The fourth-order valence-corrected chi connectivity index (χ4v) is 3.61. The maximum Gasteiger partial charge on any atom is 0.303 e. The molecule has 0 heterocycles. The first-order valence-electron chi connectivity index (χ1n) is 13.0. The largest absolute Gasteiger partial charge is 0.481 e. The van der Waals surface area contributed by atoms with Crippen molar-refractivity contribution in [3.63, 3.8) is 0 Å². The van der Waals surface area contributed by atoms with Crippen molar-refractivity contribution < 1.29 is 38.6 Å². The second kappa shape index (κ2) is 16.8. The van der Waals surface area contributed by atoms with E-state index in [2.05, 4.69) is 21.3 Å². The lowest BCUT2D eigenvalue weighted by Crippen LogP contribution is -2.57. The Bertz CT molecular complexity index is 1010. The second-order valence-corrected chi connectivity index (χ2v) is 9.59. The number of carbonyl (C=O) groups excluding carboxylic acids is 5. The van der Waals surface area contributed by atoms with E-state index in [1.807, 2.05) is 6.92 Å². The molecule has 0 radical (unpaired) electrons. The second-order valence-electron chi connectivity index (χ2n) is 9.59. The van der Waals surface area contributed by atoms with Gasteiger partial charge in [-0.25, -0.2) is 0 Å². The molecular weight excluding hydrogens is 508 g/mol. The third-order valence-electron chi connectivity index (χ3n) is 5.73. The fraction of sp³-hybridized carbons (Fsp3) is 0.556. The fourth-order valence-electron chi connectivity index (χ4n) is 3.61. The van der Waals surface area contributed by atoms with Crippen LogP contribution in [0.25, 0.3) is 0 Å². The van der Waals surface area contributed by atoms with E-state index in [0.29, 0.717) is 18.5 Å². The van der Waals surface area contributed by atoms with Crippen molar-refractivity contribution in [2.24, 2.45) is 5.92 Å². The normalized spacial score (nSPS) is 13.0. The number of carbonyl (C=O) groups is 6. The van der Waals surface area contributed by atoms with Gasteiger partial charge in [-0.2, -0.15) is 0 Å². The van der Waals surface area contributed by atoms with E-state index in [4.69, 9.17) is 9.84 Å². The van der Waals surface area contributed by atoms with Gasteiger partial charge in [-0.05, 0) is 36.5 Å². The summed E-state index contributed by atoms with van der Waals surface area (Å²) in [6.45, 7) is 8.02. The van der Waals surface area contributed by atoms with Gasteiger partial charge < -0.3 is 31.1 Å². The molecule has 216 valence electrons. The summed E-state index contributed by atoms with van der Waals surface area (Å²) < 4.78 is 4.95. The van der Waals surface area contributed by atoms with Crippen LogP contribution in [0.5, 0.6) is 0 Å². The summed E-state index contributed by atoms with van der Waals surface area (Å²) in [5, 5.41) is 19.5. The maximum atomic E-state index is 13.2. The van der Waals surface area contributed by atoms with Gasteiger partial charge in [-0.15, -0.1) is 0 Å². The molecule has 1 aromatic rings. The van der Waals surface area contributed by atoms with Crippen LogP contribution < -0.4 is 21.3 Å². The van der Waals surface area contributed by atoms with Crippen LogP contribution in [0.4, 0.5) is 5.69 Å². The number of carboxylic acid groups (broad SMARTS) is 1. The Kier molecular flexibility index (Phi) is 14.2. The molecule has 0 saturated carbocycles. The van der Waals surface area contributed by atoms with Gasteiger partial charge in [0.15, 0.2) is 0 Å². The third kappa shape index (κ3) is 12.9. The van der Waals surface area contributed by atoms with Crippen LogP contribution in [-0.2, 0) is 40.1 Å². The maximum absolute atomic E-state index is 13.2. The lowest BCUT2D eigenvalue weighted by Gasteiger charge is -2.27. The van der Waals surface area contributed by atoms with Crippen molar-refractivity contribution in [2.75, 3.05) is 5.32 Å². The van der Waals surface area contributed by atoms with Crippen molar-refractivity contribution in [3.8, 4) is 0 Å². The molecule has 0 aliphatic heterocycles. The highest BCUT2D eigenvalue weighted by atomic mass is 16.5. The average molecular weight is 549 g/mol. The SMILES string of the molecule is CCCC[C@H](NC(=O)[C@@H](NC(=O)[C@@H](CCC(=O)O)NC(C)=O)C(C)C)C(=O)Nc1ccc(COC(C)=O)cc1. The first-order chi connectivity index (χ1) is 18.3. The molecule has 0 aliphatic rings. The van der Waals surface area contributed by atoms with Gasteiger partial charge >= 0.3 is 11.9 Å². The van der Waals surface area contributed by atoms with Crippen LogP contribution >= 0.6 is 0 Å². The van der Waals surface area contributed by atoms with E-state index >= 15 is 0 Å². The zero-order valence-corrected chi connectivity index (χ0v) is 23.2. The molecule has 0 bridgehead atoms. The summed E-state index contributed by atoms with van der Waals surface area (Å²) in [5.74, 6) is -4.11. The number of aliphatic carboxylic acids is 1. The van der Waals surface area contributed by atoms with Crippen LogP contribution in [-0.4, -0.2) is 58.8 Å². The van der Waals surface area contributed by atoms with Crippen molar-refractivity contribution in [2.45, 2.75) is 91.5 Å². The number of amides is 4. The van der Waals surface area contributed by atoms with Crippen molar-refractivity contribution in [3.05, 3.63) is 29.8 Å². The van der Waals surface area contributed by atoms with Crippen LogP contribution in [0.2, 0.25) is 0 Å². The smallest absolute Gasteiger partial charge is 0.303 e. The number of unbranched alkanes of at least 4 members (excludes halogenated alkanes) is 1. The van der Waals surface area contributed by atoms with E-state index in [-0.39, 0.29) is 25.4 Å². The van der Waals surface area contributed by atoms with Gasteiger partial charge in [-0.3, -0.25) is 28.8 Å². The highest BCUT2D eigenvalue weighted by molar-refractivity contribution is 5.99. The Balaban J connectivity index is 2.95. The molecule has 12 nitrogen and oxygen atoms in total. The number of hydrogen-bond donors (Lipinski definition) is 5. The minimum absolute atomic E-state index is 0.111. The highest BCUT2D eigenvalue weighted by Crippen LogP contribution is 2.13. The van der Waals surface area contributed by atoms with E-state index in [9.17, 15) is 28.8 Å². The van der Waals surface area contributed by atoms with Gasteiger partial charge in [0.25, 0.3) is 0 Å². The van der Waals surface area contributed by atoms with Crippen LogP contribution in [0.15, 0.2) is 24.3 Å². The number of nitrogens with one attached hydrogen (secondary N) is 4. The van der Waals surface area contributed by atoms with Gasteiger partial charge in [0.05, 0.1) is 0 Å². The molecule has 0 fully saturated rings. The summed E-state index contributed by atoms with van der Waals surface area (Å²) in [5.41, 5.74) is 1.24. The Morgan fingerprint density at radius 3 is 1.97 bits per heavy atom. The predicted octanol–water partition coefficient (Wildman–Crippen LogP) is 1.87. The summed E-state index contributed by atoms with van der Waals surface area (Å²) in [6, 6.07) is 3.69. The Morgan fingerprint density at radius 1 is 0.846 bits per heavy atom. The monoisotopic (exact) mass is 548 g/mol. The lowest BCUT2D eigenvalue weighted by molar-refractivity contribution is -0.142. The predicted molar refractivity (Wildman–Crippen MR) is 143 cm³/mol. The molecule has 0 unspecified atom stereocenters. The molecule has 4 amide bonds. The molecule has 5 N–H and O–H groups in total. The van der Waals surface area contributed by atoms with E-state index in [1.165, 1.54) is 13.8 Å². The minimum atomic E-state index is -1.13. The topological polar surface area (TPSA) is 180 Å². The van der Waals surface area contributed by atoms with Crippen molar-refractivity contribution in [1.82, 2.24) is 16.0 Å². The molecule has 3 atom stereocenters. The third-order valence-corrected chi connectivity index (χ3v) is 5.73. The van der Waals surface area contributed by atoms with E-state index in [1.54, 1.807) is 38.1 Å². The van der Waals surface area contributed by atoms with Gasteiger partial charge in [-0.1, -0.05) is 45.7 Å². The lowest BCUT2D eigenvalue weighted by atomic mass is 10.0. The Labute approximate surface area is 228 Å². The first kappa shape index (κ1) is 33.1. The molecule has 1 rings (SSSR count). The molecule has 0 aliphatic carbocycles. The number of carboxylic acids is 1. The number of benzene rings is 1. The number of esters is 1. The minimum Gasteiger partial charge on any atom is -0.481 e. The van der Waals surface area contributed by atoms with Crippen molar-refractivity contribution >= 4 is 41.3 Å². The summed E-state index contributed by atoms with van der Waals surface area (Å²) in [4.78, 5) is 72.6. The number of hydrogen-bond acceptors (Lipinski definition) is 7. The van der Waals surface area contributed by atoms with Crippen LogP contribution in [0.3, 0.4) is 0 Å². The summed E-state index contributed by atoms with van der Waals surface area (Å²) in [6.07, 6.45) is 1.33. The number of rotatable bonds is 16. The van der Waals surface area contributed by atoms with Crippen LogP contribution in [0, 0.1) is 5.92 Å². The molecule has 1 aromatic carbocycles. The van der Waals surface area contributed by atoms with Gasteiger partial charge in [0.1, 0.15) is 24.7 Å². The van der Waals surface area contributed by atoms with Gasteiger partial charge in [0.2, 0.25) is 23.6 Å². The zero-order chi connectivity index (χ0) is 29.5. The first-order valence-corrected chi connectivity index (χ1v) is 13.0. The summed E-state index contributed by atoms with van der Waals surface area (Å²) >= 11 is 0. The van der Waals surface area contributed by atoms with E-state index < -0.39 is 53.7 Å². The molecule has 0 aromatic heterocycles.